The molecule has 7 heteroatoms. The molecule has 0 saturated heterocycles. The Morgan fingerprint density at radius 1 is 1.18 bits per heavy atom. The fraction of sp³-hybridized carbons (Fsp3) is 0.333. The van der Waals surface area contributed by atoms with E-state index in [1.54, 1.807) is 17.9 Å². The first-order chi connectivity index (χ1) is 10.5. The number of aromatic nitrogens is 5. The van der Waals surface area contributed by atoms with Crippen LogP contribution in [0.2, 0.25) is 0 Å². The standard InChI is InChI=1S/C15H18N6O/c1-8(2)12-10(6-5-9(3)18-12)15-19-14(20-22-15)11-7-17-21(4)13(11)16/h5-8H,16H2,1-4H3. The predicted molar refractivity (Wildman–Crippen MR) is 83.0 cm³/mol. The van der Waals surface area contributed by atoms with Crippen LogP contribution in [0.25, 0.3) is 22.8 Å². The van der Waals surface area contributed by atoms with Gasteiger partial charge in [-0.2, -0.15) is 10.1 Å². The minimum atomic E-state index is 0.258. The van der Waals surface area contributed by atoms with Gasteiger partial charge in [-0.3, -0.25) is 9.67 Å². The topological polar surface area (TPSA) is 95.7 Å². The molecule has 2 N–H and O–H groups in total. The first-order valence-corrected chi connectivity index (χ1v) is 7.07. The van der Waals surface area contributed by atoms with Gasteiger partial charge in [0, 0.05) is 12.7 Å². The fourth-order valence-corrected chi connectivity index (χ4v) is 2.26. The van der Waals surface area contributed by atoms with E-state index in [-0.39, 0.29) is 5.92 Å². The van der Waals surface area contributed by atoms with Crippen LogP contribution in [-0.4, -0.2) is 24.9 Å². The third-order valence-electron chi connectivity index (χ3n) is 3.49. The van der Waals surface area contributed by atoms with Gasteiger partial charge in [-0.25, -0.2) is 0 Å². The molecule has 22 heavy (non-hydrogen) atoms. The number of pyridine rings is 1. The Hall–Kier alpha value is -2.70. The molecule has 0 aliphatic carbocycles. The number of aryl methyl sites for hydroxylation is 2. The van der Waals surface area contributed by atoms with Crippen LogP contribution in [0.4, 0.5) is 5.82 Å². The van der Waals surface area contributed by atoms with Gasteiger partial charge < -0.3 is 10.3 Å². The van der Waals surface area contributed by atoms with Crippen molar-refractivity contribution in [2.24, 2.45) is 7.05 Å². The molecule has 0 fully saturated rings. The monoisotopic (exact) mass is 298 g/mol. The van der Waals surface area contributed by atoms with Crippen LogP contribution in [0.15, 0.2) is 22.9 Å². The predicted octanol–water partition coefficient (Wildman–Crippen LogP) is 2.55. The minimum Gasteiger partial charge on any atom is -0.383 e. The van der Waals surface area contributed by atoms with Crippen LogP contribution in [0.1, 0.15) is 31.2 Å². The van der Waals surface area contributed by atoms with Crippen LogP contribution in [-0.2, 0) is 7.05 Å². The molecular weight excluding hydrogens is 280 g/mol. The Balaban J connectivity index is 2.07. The number of hydrogen-bond donors (Lipinski definition) is 1. The summed E-state index contributed by atoms with van der Waals surface area (Å²) < 4.78 is 6.97. The summed E-state index contributed by atoms with van der Waals surface area (Å²) in [5, 5.41) is 8.10. The molecular formula is C15H18N6O. The van der Waals surface area contributed by atoms with Crippen molar-refractivity contribution in [3.8, 4) is 22.8 Å². The van der Waals surface area contributed by atoms with Gasteiger partial charge in [0.2, 0.25) is 5.82 Å². The minimum absolute atomic E-state index is 0.258. The Kier molecular flexibility index (Phi) is 3.40. The van der Waals surface area contributed by atoms with Gasteiger partial charge in [-0.05, 0) is 25.0 Å². The van der Waals surface area contributed by atoms with E-state index < -0.39 is 0 Å². The number of nitrogens with zero attached hydrogens (tertiary/aromatic N) is 5. The number of anilines is 1. The van der Waals surface area contributed by atoms with E-state index in [9.17, 15) is 0 Å². The van der Waals surface area contributed by atoms with Gasteiger partial charge in [0.15, 0.2) is 0 Å². The maximum absolute atomic E-state index is 5.95. The number of nitrogens with two attached hydrogens (primary N) is 1. The average molecular weight is 298 g/mol. The Labute approximate surface area is 128 Å². The number of rotatable bonds is 3. The Morgan fingerprint density at radius 3 is 2.59 bits per heavy atom. The van der Waals surface area contributed by atoms with Crippen molar-refractivity contribution in [2.45, 2.75) is 26.7 Å². The molecule has 3 rings (SSSR count). The summed E-state index contributed by atoms with van der Waals surface area (Å²) in [5.74, 6) is 1.62. The van der Waals surface area contributed by atoms with Crippen molar-refractivity contribution >= 4 is 5.82 Å². The van der Waals surface area contributed by atoms with Crippen LogP contribution in [0, 0.1) is 6.92 Å². The number of hydrogen-bond acceptors (Lipinski definition) is 6. The van der Waals surface area contributed by atoms with Crippen LogP contribution < -0.4 is 5.73 Å². The lowest BCUT2D eigenvalue weighted by atomic mass is 10.0. The quantitative estimate of drug-likeness (QED) is 0.798. The first kappa shape index (κ1) is 14.2. The number of nitrogen functional groups attached to an aromatic ring is 1. The van der Waals surface area contributed by atoms with E-state index in [1.807, 2.05) is 19.1 Å². The second-order valence-corrected chi connectivity index (χ2v) is 5.53. The van der Waals surface area contributed by atoms with E-state index in [2.05, 4.69) is 34.1 Å². The van der Waals surface area contributed by atoms with Crippen molar-refractivity contribution < 1.29 is 4.52 Å². The van der Waals surface area contributed by atoms with E-state index >= 15 is 0 Å². The summed E-state index contributed by atoms with van der Waals surface area (Å²) in [6.07, 6.45) is 1.63. The smallest absolute Gasteiger partial charge is 0.260 e. The zero-order valence-corrected chi connectivity index (χ0v) is 13.0. The molecule has 0 amide bonds. The highest BCUT2D eigenvalue weighted by Gasteiger charge is 2.19. The van der Waals surface area contributed by atoms with Gasteiger partial charge >= 0.3 is 0 Å². The van der Waals surface area contributed by atoms with E-state index in [4.69, 9.17) is 10.3 Å². The second kappa shape index (κ2) is 5.25. The summed E-state index contributed by atoms with van der Waals surface area (Å²) in [5.41, 5.74) is 9.35. The van der Waals surface area contributed by atoms with Crippen molar-refractivity contribution in [3.63, 3.8) is 0 Å². The summed E-state index contributed by atoms with van der Waals surface area (Å²) in [7, 11) is 1.76. The van der Waals surface area contributed by atoms with Crippen molar-refractivity contribution in [1.82, 2.24) is 24.9 Å². The highest BCUT2D eigenvalue weighted by Crippen LogP contribution is 2.29. The van der Waals surface area contributed by atoms with Gasteiger partial charge in [0.25, 0.3) is 5.89 Å². The molecule has 0 saturated carbocycles. The molecule has 3 heterocycles. The fourth-order valence-electron chi connectivity index (χ4n) is 2.26. The zero-order valence-electron chi connectivity index (χ0n) is 13.0. The molecule has 7 nitrogen and oxygen atoms in total. The highest BCUT2D eigenvalue weighted by molar-refractivity contribution is 5.69. The third kappa shape index (κ3) is 2.34. The molecule has 0 atom stereocenters. The van der Waals surface area contributed by atoms with Crippen LogP contribution in [0.3, 0.4) is 0 Å². The van der Waals surface area contributed by atoms with Gasteiger partial charge in [0.1, 0.15) is 5.82 Å². The zero-order chi connectivity index (χ0) is 15.9. The lowest BCUT2D eigenvalue weighted by Crippen LogP contribution is -1.99. The third-order valence-corrected chi connectivity index (χ3v) is 3.49. The van der Waals surface area contributed by atoms with Gasteiger partial charge in [-0.15, -0.1) is 0 Å². The molecule has 3 aromatic rings. The van der Waals surface area contributed by atoms with Crippen LogP contribution >= 0.6 is 0 Å². The molecule has 0 unspecified atom stereocenters. The summed E-state index contributed by atoms with van der Waals surface area (Å²) >= 11 is 0. The normalized spacial score (nSPS) is 11.3. The van der Waals surface area contributed by atoms with E-state index in [1.165, 1.54) is 0 Å². The SMILES string of the molecule is Cc1ccc(-c2nc(-c3cnn(C)c3N)no2)c(C(C)C)n1. The Morgan fingerprint density at radius 2 is 1.95 bits per heavy atom. The van der Waals surface area contributed by atoms with E-state index in [0.29, 0.717) is 23.1 Å². The molecule has 0 aliphatic rings. The van der Waals surface area contributed by atoms with Crippen molar-refractivity contribution in [3.05, 3.63) is 29.7 Å². The van der Waals surface area contributed by atoms with Crippen molar-refractivity contribution in [2.75, 3.05) is 5.73 Å². The maximum Gasteiger partial charge on any atom is 0.260 e. The summed E-state index contributed by atoms with van der Waals surface area (Å²) in [6, 6.07) is 3.89. The maximum atomic E-state index is 5.95. The highest BCUT2D eigenvalue weighted by atomic mass is 16.5. The first-order valence-electron chi connectivity index (χ1n) is 7.07. The average Bonchev–Trinajstić information content (AvgIpc) is 3.07. The lowest BCUT2D eigenvalue weighted by molar-refractivity contribution is 0.431. The van der Waals surface area contributed by atoms with Gasteiger partial charge in [0.05, 0.1) is 23.0 Å². The Bertz CT molecular complexity index is 817. The summed E-state index contributed by atoms with van der Waals surface area (Å²) in [6.45, 7) is 6.13. The molecule has 3 aromatic heterocycles. The second-order valence-electron chi connectivity index (χ2n) is 5.53. The molecule has 0 bridgehead atoms. The molecule has 0 radical (unpaired) electrons. The van der Waals surface area contributed by atoms with E-state index in [0.717, 1.165) is 17.0 Å². The largest absolute Gasteiger partial charge is 0.383 e. The van der Waals surface area contributed by atoms with Crippen LogP contribution in [0.5, 0.6) is 0 Å². The molecule has 0 aromatic carbocycles. The summed E-state index contributed by atoms with van der Waals surface area (Å²) in [4.78, 5) is 9.03. The molecule has 0 aliphatic heterocycles. The lowest BCUT2D eigenvalue weighted by Gasteiger charge is -2.09. The molecule has 0 spiro atoms. The van der Waals surface area contributed by atoms with Gasteiger partial charge in [-0.1, -0.05) is 19.0 Å². The molecule has 114 valence electrons. The van der Waals surface area contributed by atoms with Crippen molar-refractivity contribution in [1.29, 1.82) is 0 Å².